The number of rotatable bonds is 5. The van der Waals surface area contributed by atoms with E-state index in [1.807, 2.05) is 6.07 Å². The Balaban J connectivity index is 0.000000231. The maximum atomic E-state index is 11.4. The number of hydrogen-bond acceptors (Lipinski definition) is 8. The van der Waals surface area contributed by atoms with Crippen LogP contribution in [0.5, 0.6) is 0 Å². The second-order valence-corrected chi connectivity index (χ2v) is 10.1. The van der Waals surface area contributed by atoms with E-state index < -0.39 is 5.97 Å². The molecule has 0 radical (unpaired) electrons. The van der Waals surface area contributed by atoms with Gasteiger partial charge in [-0.1, -0.05) is 16.8 Å². The van der Waals surface area contributed by atoms with E-state index in [0.717, 1.165) is 4.88 Å². The number of hydrogen-bond donors (Lipinski definition) is 2. The highest BCUT2D eigenvalue weighted by Gasteiger charge is 2.20. The number of fused-ring (bicyclic) bond motifs is 1. The van der Waals surface area contributed by atoms with Gasteiger partial charge >= 0.3 is 5.97 Å². The van der Waals surface area contributed by atoms with E-state index in [-0.39, 0.29) is 12.4 Å². The number of nitrogens with zero attached hydrogens (tertiary/aromatic N) is 5. The van der Waals surface area contributed by atoms with Gasteiger partial charge in [-0.15, -0.1) is 11.3 Å². The minimum Gasteiger partial charge on any atom is -0.475 e. The van der Waals surface area contributed by atoms with Crippen LogP contribution in [0.15, 0.2) is 41.1 Å². The number of carboxylic acid groups (broad SMARTS) is 1. The van der Waals surface area contributed by atoms with Crippen LogP contribution in [0.3, 0.4) is 0 Å². The van der Waals surface area contributed by atoms with E-state index in [1.165, 1.54) is 41.8 Å². The van der Waals surface area contributed by atoms with Gasteiger partial charge in [-0.3, -0.25) is 4.57 Å². The third kappa shape index (κ3) is 5.64. The molecule has 0 unspecified atom stereocenters. The van der Waals surface area contributed by atoms with Gasteiger partial charge in [0, 0.05) is 24.3 Å². The average Bonchev–Trinajstić information content (AvgIpc) is 3.54. The Kier molecular flexibility index (Phi) is 7.62. The van der Waals surface area contributed by atoms with Crippen molar-refractivity contribution in [2.75, 3.05) is 13.1 Å². The summed E-state index contributed by atoms with van der Waals surface area (Å²) in [6, 6.07) is 9.96. The zero-order valence-electron chi connectivity index (χ0n) is 19.0. The van der Waals surface area contributed by atoms with Crippen LogP contribution in [0, 0.1) is 0 Å². The standard InChI is InChI=1S/C15H9ClN4O3S.C8H18N2/c16-12-4-3-11(24-12)10-6-8(19-23-10)7-20-13-9(2-1-5-17-13)18-14(20)15(21)22;1-7(2)10-5-3-8(9)4-6-10/h1-6H,7H2,(H,21,22);7-8H,3-6,9H2,1-2H3. The van der Waals surface area contributed by atoms with Crippen molar-refractivity contribution in [2.24, 2.45) is 5.73 Å². The minimum absolute atomic E-state index is 0.0904. The molecule has 5 rings (SSSR count). The lowest BCUT2D eigenvalue weighted by atomic mass is 10.1. The molecule has 4 aromatic rings. The molecule has 0 amide bonds. The third-order valence-corrected chi connectivity index (χ3v) is 6.94. The van der Waals surface area contributed by atoms with Crippen molar-refractivity contribution in [2.45, 2.75) is 45.3 Å². The topological polar surface area (TPSA) is 123 Å². The molecule has 34 heavy (non-hydrogen) atoms. The number of aromatic nitrogens is 4. The van der Waals surface area contributed by atoms with E-state index in [0.29, 0.717) is 39.0 Å². The monoisotopic (exact) mass is 502 g/mol. The van der Waals surface area contributed by atoms with Crippen molar-refractivity contribution in [1.82, 2.24) is 24.6 Å². The predicted molar refractivity (Wildman–Crippen MR) is 132 cm³/mol. The summed E-state index contributed by atoms with van der Waals surface area (Å²) in [6.07, 6.45) is 3.95. The summed E-state index contributed by atoms with van der Waals surface area (Å²) in [5.74, 6) is -0.634. The highest BCUT2D eigenvalue weighted by Crippen LogP contribution is 2.31. The molecule has 1 aliphatic rings. The number of imidazole rings is 1. The van der Waals surface area contributed by atoms with Crippen LogP contribution in [-0.4, -0.2) is 60.8 Å². The quantitative estimate of drug-likeness (QED) is 0.412. The normalized spacial score (nSPS) is 15.0. The van der Waals surface area contributed by atoms with Crippen molar-refractivity contribution in [1.29, 1.82) is 0 Å². The lowest BCUT2D eigenvalue weighted by Gasteiger charge is -2.32. The SMILES string of the molecule is CC(C)N1CCC(N)CC1.O=C(O)c1nc2cccnc2n1Cc1cc(-c2ccc(Cl)s2)on1. The molecule has 1 saturated heterocycles. The van der Waals surface area contributed by atoms with Gasteiger partial charge in [0.1, 0.15) is 11.2 Å². The first-order valence-electron chi connectivity index (χ1n) is 11.1. The van der Waals surface area contributed by atoms with E-state index in [2.05, 4.69) is 33.9 Å². The molecule has 0 spiro atoms. The Morgan fingerprint density at radius 3 is 2.74 bits per heavy atom. The molecule has 0 saturated carbocycles. The molecule has 0 aromatic carbocycles. The van der Waals surface area contributed by atoms with Crippen LogP contribution in [0.2, 0.25) is 4.34 Å². The Morgan fingerprint density at radius 1 is 1.32 bits per heavy atom. The van der Waals surface area contributed by atoms with Gasteiger partial charge in [-0.25, -0.2) is 14.8 Å². The molecule has 4 aromatic heterocycles. The molecular weight excluding hydrogens is 476 g/mol. The molecule has 1 aliphatic heterocycles. The van der Waals surface area contributed by atoms with Crippen molar-refractivity contribution < 1.29 is 14.4 Å². The smallest absolute Gasteiger partial charge is 0.372 e. The molecule has 11 heteroatoms. The molecule has 9 nitrogen and oxygen atoms in total. The lowest BCUT2D eigenvalue weighted by molar-refractivity contribution is 0.0679. The largest absolute Gasteiger partial charge is 0.475 e. The summed E-state index contributed by atoms with van der Waals surface area (Å²) in [5.41, 5.74) is 7.34. The van der Waals surface area contributed by atoms with Crippen LogP contribution in [0.1, 0.15) is 43.0 Å². The van der Waals surface area contributed by atoms with Crippen LogP contribution in [0.4, 0.5) is 0 Å². The van der Waals surface area contributed by atoms with Crippen LogP contribution >= 0.6 is 22.9 Å². The van der Waals surface area contributed by atoms with Crippen molar-refractivity contribution in [3.63, 3.8) is 0 Å². The maximum Gasteiger partial charge on any atom is 0.372 e. The summed E-state index contributed by atoms with van der Waals surface area (Å²) >= 11 is 7.30. The van der Waals surface area contributed by atoms with Crippen molar-refractivity contribution in [3.8, 4) is 10.6 Å². The van der Waals surface area contributed by atoms with Gasteiger partial charge in [0.05, 0.1) is 15.8 Å². The Labute approximate surface area is 206 Å². The summed E-state index contributed by atoms with van der Waals surface area (Å²) in [6.45, 7) is 7.07. The zero-order chi connectivity index (χ0) is 24.2. The molecule has 1 fully saturated rings. The number of carbonyl (C=O) groups is 1. The van der Waals surface area contributed by atoms with Gasteiger partial charge in [-0.2, -0.15) is 0 Å². The van der Waals surface area contributed by atoms with Crippen LogP contribution in [-0.2, 0) is 6.54 Å². The summed E-state index contributed by atoms with van der Waals surface area (Å²) in [7, 11) is 0. The first kappa shape index (κ1) is 24.3. The highest BCUT2D eigenvalue weighted by atomic mass is 35.5. The van der Waals surface area contributed by atoms with Gasteiger partial charge in [-0.05, 0) is 64.0 Å². The minimum atomic E-state index is -1.12. The zero-order valence-corrected chi connectivity index (χ0v) is 20.6. The number of nitrogens with two attached hydrogens (primary N) is 1. The molecular formula is C23H27ClN6O3S. The first-order chi connectivity index (χ1) is 16.3. The second kappa shape index (κ2) is 10.6. The fourth-order valence-corrected chi connectivity index (χ4v) is 4.81. The Morgan fingerprint density at radius 2 is 2.09 bits per heavy atom. The van der Waals surface area contributed by atoms with Gasteiger partial charge in [0.2, 0.25) is 5.82 Å². The fraction of sp³-hybridized carbons (Fsp3) is 0.391. The number of halogens is 1. The molecule has 0 bridgehead atoms. The van der Waals surface area contributed by atoms with E-state index in [1.54, 1.807) is 30.5 Å². The van der Waals surface area contributed by atoms with Crippen molar-refractivity contribution >= 4 is 40.1 Å². The highest BCUT2D eigenvalue weighted by molar-refractivity contribution is 7.19. The Hall–Kier alpha value is -2.79. The maximum absolute atomic E-state index is 11.4. The summed E-state index contributed by atoms with van der Waals surface area (Å²) in [5, 5.41) is 13.4. The molecule has 0 aliphatic carbocycles. The van der Waals surface area contributed by atoms with Gasteiger partial charge in [0.15, 0.2) is 11.4 Å². The van der Waals surface area contributed by atoms with Crippen LogP contribution in [0.25, 0.3) is 21.8 Å². The van der Waals surface area contributed by atoms with Crippen molar-refractivity contribution in [3.05, 3.63) is 52.4 Å². The van der Waals surface area contributed by atoms with E-state index >= 15 is 0 Å². The number of thiophene rings is 1. The number of piperidine rings is 1. The molecule has 3 N–H and O–H groups in total. The summed E-state index contributed by atoms with van der Waals surface area (Å²) in [4.78, 5) is 23.1. The first-order valence-corrected chi connectivity index (χ1v) is 12.3. The van der Waals surface area contributed by atoms with E-state index in [9.17, 15) is 9.90 Å². The van der Waals surface area contributed by atoms with Crippen LogP contribution < -0.4 is 5.73 Å². The number of carboxylic acids is 1. The molecule has 0 atom stereocenters. The fourth-order valence-electron chi connectivity index (χ4n) is 3.82. The van der Waals surface area contributed by atoms with E-state index in [4.69, 9.17) is 21.9 Å². The average molecular weight is 503 g/mol. The number of likely N-dealkylation sites (tertiary alicyclic amines) is 1. The molecule has 5 heterocycles. The lowest BCUT2D eigenvalue weighted by Crippen LogP contribution is -2.42. The van der Waals surface area contributed by atoms with Gasteiger partial charge < -0.3 is 20.3 Å². The summed E-state index contributed by atoms with van der Waals surface area (Å²) < 4.78 is 7.48. The Bertz CT molecular complexity index is 1260. The predicted octanol–water partition coefficient (Wildman–Crippen LogP) is 4.37. The van der Waals surface area contributed by atoms with Gasteiger partial charge in [0.25, 0.3) is 0 Å². The second-order valence-electron chi connectivity index (χ2n) is 8.43. The third-order valence-electron chi connectivity index (χ3n) is 5.69. The number of aromatic carboxylic acids is 1. The number of pyridine rings is 1. The molecule has 180 valence electrons.